The molecule has 0 radical (unpaired) electrons. The van der Waals surface area contributed by atoms with Crippen molar-refractivity contribution in [1.29, 1.82) is 0 Å². The first-order chi connectivity index (χ1) is 17.9. The number of para-hydroxylation sites is 1. The van der Waals surface area contributed by atoms with Gasteiger partial charge in [0.1, 0.15) is 12.1 Å². The third kappa shape index (κ3) is 4.44. The topological polar surface area (TPSA) is 89.2 Å². The highest BCUT2D eigenvalue weighted by molar-refractivity contribution is 7.22. The Balaban J connectivity index is 1.54. The molecule has 0 bridgehead atoms. The van der Waals surface area contributed by atoms with Crippen LogP contribution >= 0.6 is 22.9 Å². The zero-order valence-corrected chi connectivity index (χ0v) is 22.3. The smallest absolute Gasteiger partial charge is 0.317 e. The van der Waals surface area contributed by atoms with Gasteiger partial charge in [-0.2, -0.15) is 9.97 Å². The third-order valence-corrected chi connectivity index (χ3v) is 8.51. The standard InChI is InChI=1S/C27H28ClFN6OS/c1-14-12-31-9-8-16(14)23-18-11-19(28)21(17-6-3-7-20-24(17)32-26(30)37-20)22(29)25(18)34-27(33-23)36-13-15-5-4-10-35(15)2/h3,6-8,11,14-15,31H,4-5,9-10,12-13H2,1-2H3,(H2,30,32)/t14?,15-/m0/s1. The minimum absolute atomic E-state index is 0.178. The first-order valence-corrected chi connectivity index (χ1v) is 13.7. The van der Waals surface area contributed by atoms with Gasteiger partial charge < -0.3 is 20.7 Å². The number of nitrogens with one attached hydrogen (secondary N) is 1. The van der Waals surface area contributed by atoms with E-state index in [0.717, 1.165) is 42.7 Å². The van der Waals surface area contributed by atoms with Crippen molar-refractivity contribution >= 4 is 54.8 Å². The van der Waals surface area contributed by atoms with Gasteiger partial charge in [0, 0.05) is 35.6 Å². The van der Waals surface area contributed by atoms with Gasteiger partial charge in [0.25, 0.3) is 0 Å². The van der Waals surface area contributed by atoms with Gasteiger partial charge in [-0.3, -0.25) is 0 Å². The Bertz CT molecular complexity index is 1540. The molecule has 4 aromatic rings. The maximum atomic E-state index is 16.5. The Morgan fingerprint density at radius 2 is 2.14 bits per heavy atom. The monoisotopic (exact) mass is 538 g/mol. The number of benzene rings is 2. The number of fused-ring (bicyclic) bond motifs is 2. The molecule has 3 N–H and O–H groups in total. The van der Waals surface area contributed by atoms with Crippen molar-refractivity contribution in [2.45, 2.75) is 25.8 Å². The highest BCUT2D eigenvalue weighted by Crippen LogP contribution is 2.42. The molecule has 1 saturated heterocycles. The van der Waals surface area contributed by atoms with E-state index in [2.05, 4.69) is 40.2 Å². The molecule has 0 aliphatic carbocycles. The summed E-state index contributed by atoms with van der Waals surface area (Å²) in [4.78, 5) is 16.1. The number of thiazole rings is 1. The van der Waals surface area contributed by atoms with E-state index in [-0.39, 0.29) is 34.1 Å². The molecule has 7 nitrogen and oxygen atoms in total. The average Bonchev–Trinajstić information content (AvgIpc) is 3.47. The van der Waals surface area contributed by atoms with Crippen LogP contribution in [-0.4, -0.2) is 59.2 Å². The van der Waals surface area contributed by atoms with Gasteiger partial charge in [0.2, 0.25) is 0 Å². The summed E-state index contributed by atoms with van der Waals surface area (Å²) < 4.78 is 23.4. The Labute approximate surface area is 223 Å². The molecule has 1 unspecified atom stereocenters. The molecule has 2 aromatic carbocycles. The Hall–Kier alpha value is -2.85. The fourth-order valence-electron chi connectivity index (χ4n) is 5.36. The number of anilines is 1. The van der Waals surface area contributed by atoms with Crippen LogP contribution in [0.1, 0.15) is 25.5 Å². The maximum Gasteiger partial charge on any atom is 0.317 e. The van der Waals surface area contributed by atoms with Gasteiger partial charge in [-0.05, 0) is 50.1 Å². The molecule has 2 atom stereocenters. The number of hydrogen-bond acceptors (Lipinski definition) is 8. The minimum atomic E-state index is -0.518. The second-order valence-corrected chi connectivity index (χ2v) is 11.3. The molecular formula is C27H28ClFN6OS. The van der Waals surface area contributed by atoms with Gasteiger partial charge in [0.15, 0.2) is 10.9 Å². The third-order valence-electron chi connectivity index (χ3n) is 7.36. The molecule has 2 aromatic heterocycles. The molecule has 0 amide bonds. The van der Waals surface area contributed by atoms with E-state index in [1.54, 1.807) is 6.07 Å². The highest BCUT2D eigenvalue weighted by Gasteiger charge is 2.27. The van der Waals surface area contributed by atoms with Gasteiger partial charge in [-0.15, -0.1) is 0 Å². The SMILES string of the molecule is CC1CNCC=C1c1nc(OC[C@@H]2CCCN2C)nc2c(F)c(-c3cccc4sc(N)nc34)c(Cl)cc12. The van der Waals surface area contributed by atoms with E-state index in [1.807, 2.05) is 18.2 Å². The number of nitrogens with zero attached hydrogens (tertiary/aromatic N) is 4. The Morgan fingerprint density at radius 3 is 2.92 bits per heavy atom. The summed E-state index contributed by atoms with van der Waals surface area (Å²) in [7, 11) is 2.09. The summed E-state index contributed by atoms with van der Waals surface area (Å²) in [6, 6.07) is 7.82. The molecule has 0 saturated carbocycles. The lowest BCUT2D eigenvalue weighted by Crippen LogP contribution is -2.31. The average molecular weight is 539 g/mol. The summed E-state index contributed by atoms with van der Waals surface area (Å²) in [5, 5.41) is 4.63. The molecule has 37 heavy (non-hydrogen) atoms. The predicted octanol–water partition coefficient (Wildman–Crippen LogP) is 5.38. The van der Waals surface area contributed by atoms with Crippen LogP contribution < -0.4 is 15.8 Å². The van der Waals surface area contributed by atoms with Gasteiger partial charge >= 0.3 is 6.01 Å². The Kier molecular flexibility index (Phi) is 6.48. The zero-order chi connectivity index (χ0) is 25.7. The molecule has 1 fully saturated rings. The molecule has 192 valence electrons. The number of nitrogen functional groups attached to an aromatic ring is 1. The van der Waals surface area contributed by atoms with E-state index in [1.165, 1.54) is 11.3 Å². The molecule has 2 aliphatic heterocycles. The molecule has 0 spiro atoms. The number of nitrogens with two attached hydrogens (primary N) is 1. The maximum absolute atomic E-state index is 16.5. The Morgan fingerprint density at radius 1 is 1.27 bits per heavy atom. The van der Waals surface area contributed by atoms with E-state index in [0.29, 0.717) is 33.9 Å². The van der Waals surface area contributed by atoms with Crippen molar-refractivity contribution in [3.05, 3.63) is 46.9 Å². The molecule has 4 heterocycles. The van der Waals surface area contributed by atoms with Gasteiger partial charge in [-0.1, -0.05) is 48.1 Å². The summed E-state index contributed by atoms with van der Waals surface area (Å²) >= 11 is 8.14. The molecule has 2 aliphatic rings. The lowest BCUT2D eigenvalue weighted by molar-refractivity contribution is 0.188. The second-order valence-electron chi connectivity index (χ2n) is 9.81. The molecule has 10 heteroatoms. The fourth-order valence-corrected chi connectivity index (χ4v) is 6.41. The van der Waals surface area contributed by atoms with Gasteiger partial charge in [-0.25, -0.2) is 9.37 Å². The summed E-state index contributed by atoms with van der Waals surface area (Å²) in [5.41, 5.74) is 9.30. The van der Waals surface area contributed by atoms with Crippen molar-refractivity contribution in [1.82, 2.24) is 25.2 Å². The quantitative estimate of drug-likeness (QED) is 0.353. The first kappa shape index (κ1) is 24.5. The zero-order valence-electron chi connectivity index (χ0n) is 20.7. The molecular weight excluding hydrogens is 511 g/mol. The number of likely N-dealkylation sites (N-methyl/N-ethyl adjacent to an activating group) is 1. The number of hydrogen-bond donors (Lipinski definition) is 2. The summed E-state index contributed by atoms with van der Waals surface area (Å²) in [5.74, 6) is -0.329. The van der Waals surface area contributed by atoms with Crippen LogP contribution in [0.4, 0.5) is 9.52 Å². The summed E-state index contributed by atoms with van der Waals surface area (Å²) in [6.45, 7) is 5.15. The van der Waals surface area contributed by atoms with E-state index >= 15 is 4.39 Å². The fraction of sp³-hybridized carbons (Fsp3) is 0.370. The highest BCUT2D eigenvalue weighted by atomic mass is 35.5. The van der Waals surface area contributed by atoms with Crippen LogP contribution in [0.3, 0.4) is 0 Å². The number of likely N-dealkylation sites (tertiary alicyclic amines) is 1. The number of halogens is 2. The van der Waals surface area contributed by atoms with Crippen LogP contribution in [0.25, 0.3) is 37.8 Å². The normalized spacial score (nSPS) is 20.6. The lowest BCUT2D eigenvalue weighted by atomic mass is 9.91. The predicted molar refractivity (Wildman–Crippen MR) is 149 cm³/mol. The van der Waals surface area contributed by atoms with E-state index < -0.39 is 5.82 Å². The van der Waals surface area contributed by atoms with Crippen LogP contribution in [0.2, 0.25) is 5.02 Å². The van der Waals surface area contributed by atoms with Crippen LogP contribution in [0.5, 0.6) is 6.01 Å². The first-order valence-electron chi connectivity index (χ1n) is 12.5. The number of rotatable bonds is 5. The van der Waals surface area contributed by atoms with Gasteiger partial charge in [0.05, 0.1) is 20.9 Å². The van der Waals surface area contributed by atoms with E-state index in [4.69, 9.17) is 27.1 Å². The van der Waals surface area contributed by atoms with Crippen LogP contribution in [-0.2, 0) is 0 Å². The lowest BCUT2D eigenvalue weighted by Gasteiger charge is -2.23. The van der Waals surface area contributed by atoms with Crippen molar-refractivity contribution in [2.75, 3.05) is 39.0 Å². The largest absolute Gasteiger partial charge is 0.462 e. The van der Waals surface area contributed by atoms with Crippen molar-refractivity contribution in [2.24, 2.45) is 5.92 Å². The second kappa shape index (κ2) is 9.79. The molecule has 6 rings (SSSR count). The van der Waals surface area contributed by atoms with Crippen molar-refractivity contribution in [3.63, 3.8) is 0 Å². The van der Waals surface area contributed by atoms with Crippen LogP contribution in [0.15, 0.2) is 30.3 Å². The van der Waals surface area contributed by atoms with E-state index in [9.17, 15) is 0 Å². The number of aromatic nitrogens is 3. The number of ether oxygens (including phenoxy) is 1. The minimum Gasteiger partial charge on any atom is -0.462 e. The van der Waals surface area contributed by atoms with Crippen molar-refractivity contribution < 1.29 is 9.13 Å². The van der Waals surface area contributed by atoms with Crippen LogP contribution in [0, 0.1) is 11.7 Å². The summed E-state index contributed by atoms with van der Waals surface area (Å²) in [6.07, 6.45) is 4.29. The van der Waals surface area contributed by atoms with Crippen molar-refractivity contribution in [3.8, 4) is 17.1 Å².